The van der Waals surface area contributed by atoms with Gasteiger partial charge < -0.3 is 10.1 Å². The Morgan fingerprint density at radius 2 is 1.86 bits per heavy atom. The zero-order valence-corrected chi connectivity index (χ0v) is 14.0. The van der Waals surface area contributed by atoms with Crippen LogP contribution >= 0.6 is 0 Å². The maximum absolute atomic E-state index is 5.79. The Morgan fingerprint density at radius 1 is 1.05 bits per heavy atom. The van der Waals surface area contributed by atoms with E-state index in [0.29, 0.717) is 18.2 Å². The summed E-state index contributed by atoms with van der Waals surface area (Å²) < 4.78 is 5.79. The second-order valence-electron chi connectivity index (χ2n) is 7.44. The molecule has 4 unspecified atom stereocenters. The zero-order chi connectivity index (χ0) is 14.7. The summed E-state index contributed by atoms with van der Waals surface area (Å²) in [5, 5.41) is 3.89. The molecule has 122 valence electrons. The lowest BCUT2D eigenvalue weighted by atomic mass is 9.82. The lowest BCUT2D eigenvalue weighted by molar-refractivity contribution is -0.0122. The van der Waals surface area contributed by atoms with Crippen LogP contribution < -0.4 is 5.32 Å². The maximum Gasteiger partial charge on any atom is 0.0726 e. The minimum Gasteiger partial charge on any atom is -0.380 e. The van der Waals surface area contributed by atoms with Gasteiger partial charge in [-0.1, -0.05) is 26.2 Å². The van der Waals surface area contributed by atoms with Gasteiger partial charge in [-0.05, 0) is 44.4 Å². The van der Waals surface area contributed by atoms with Crippen LogP contribution in [-0.2, 0) is 4.74 Å². The molecule has 0 aromatic rings. The smallest absolute Gasteiger partial charge is 0.0726 e. The molecule has 4 atom stereocenters. The third kappa shape index (κ3) is 3.46. The molecule has 1 saturated heterocycles. The number of methoxy groups -OCH3 is 1. The van der Waals surface area contributed by atoms with Crippen LogP contribution in [0.2, 0.25) is 0 Å². The molecule has 1 N–H and O–H groups in total. The largest absolute Gasteiger partial charge is 0.380 e. The van der Waals surface area contributed by atoms with E-state index in [0.717, 1.165) is 12.0 Å². The molecule has 3 rings (SSSR count). The van der Waals surface area contributed by atoms with E-state index in [1.807, 2.05) is 7.11 Å². The first-order chi connectivity index (χ1) is 10.3. The molecule has 3 aliphatic rings. The quantitative estimate of drug-likeness (QED) is 0.862. The number of piperazine rings is 1. The Morgan fingerprint density at radius 3 is 2.57 bits per heavy atom. The SMILES string of the molecule is CCC1CNC(C2CCCCC2)CN1C1CCCC1OC. The average molecular weight is 294 g/mol. The van der Waals surface area contributed by atoms with Crippen LogP contribution in [0.3, 0.4) is 0 Å². The van der Waals surface area contributed by atoms with E-state index in [2.05, 4.69) is 17.1 Å². The average Bonchev–Trinajstić information content (AvgIpc) is 3.03. The fourth-order valence-electron chi connectivity index (χ4n) is 5.04. The monoisotopic (exact) mass is 294 g/mol. The van der Waals surface area contributed by atoms with Crippen LogP contribution in [0.25, 0.3) is 0 Å². The first-order valence-corrected chi connectivity index (χ1v) is 9.35. The summed E-state index contributed by atoms with van der Waals surface area (Å²) in [5.74, 6) is 0.918. The molecule has 0 radical (unpaired) electrons. The summed E-state index contributed by atoms with van der Waals surface area (Å²) >= 11 is 0. The summed E-state index contributed by atoms with van der Waals surface area (Å²) in [6, 6.07) is 2.12. The second kappa shape index (κ2) is 7.43. The van der Waals surface area contributed by atoms with Gasteiger partial charge >= 0.3 is 0 Å². The predicted octanol–water partition coefficient (Wildman–Crippen LogP) is 3.19. The van der Waals surface area contributed by atoms with E-state index in [1.165, 1.54) is 70.9 Å². The van der Waals surface area contributed by atoms with Crippen molar-refractivity contribution in [2.75, 3.05) is 20.2 Å². The van der Waals surface area contributed by atoms with E-state index in [4.69, 9.17) is 4.74 Å². The van der Waals surface area contributed by atoms with Crippen molar-refractivity contribution >= 4 is 0 Å². The summed E-state index contributed by atoms with van der Waals surface area (Å²) in [6.45, 7) is 4.79. The normalized spacial score (nSPS) is 39.7. The lowest BCUT2D eigenvalue weighted by Gasteiger charge is -2.47. The molecular formula is C18H34N2O. The number of ether oxygens (including phenoxy) is 1. The minimum atomic E-state index is 0.476. The van der Waals surface area contributed by atoms with Gasteiger partial charge in [-0.15, -0.1) is 0 Å². The molecule has 0 aromatic heterocycles. The van der Waals surface area contributed by atoms with Gasteiger partial charge in [-0.25, -0.2) is 0 Å². The van der Waals surface area contributed by atoms with Gasteiger partial charge in [-0.2, -0.15) is 0 Å². The van der Waals surface area contributed by atoms with Crippen LogP contribution in [0.4, 0.5) is 0 Å². The van der Waals surface area contributed by atoms with Crippen LogP contribution in [0.5, 0.6) is 0 Å². The van der Waals surface area contributed by atoms with Gasteiger partial charge in [0, 0.05) is 38.3 Å². The van der Waals surface area contributed by atoms with Crippen molar-refractivity contribution in [3.63, 3.8) is 0 Å². The van der Waals surface area contributed by atoms with Crippen LogP contribution in [0.15, 0.2) is 0 Å². The molecule has 2 saturated carbocycles. The number of nitrogens with zero attached hydrogens (tertiary/aromatic N) is 1. The Labute approximate surface area is 130 Å². The van der Waals surface area contributed by atoms with Gasteiger partial charge in [0.2, 0.25) is 0 Å². The third-order valence-electron chi connectivity index (χ3n) is 6.33. The molecule has 0 spiro atoms. The number of hydrogen-bond acceptors (Lipinski definition) is 3. The van der Waals surface area contributed by atoms with Crippen molar-refractivity contribution in [3.8, 4) is 0 Å². The fraction of sp³-hybridized carbons (Fsp3) is 1.00. The Hall–Kier alpha value is -0.120. The summed E-state index contributed by atoms with van der Waals surface area (Å²) in [4.78, 5) is 2.83. The fourth-order valence-corrected chi connectivity index (χ4v) is 5.04. The standard InChI is InChI=1S/C18H34N2O/c1-3-15-12-19-16(14-8-5-4-6-9-14)13-20(15)17-10-7-11-18(17)21-2/h14-19H,3-13H2,1-2H3. The van der Waals surface area contributed by atoms with Crippen molar-refractivity contribution in [1.82, 2.24) is 10.2 Å². The molecule has 21 heavy (non-hydrogen) atoms. The van der Waals surface area contributed by atoms with E-state index in [9.17, 15) is 0 Å². The van der Waals surface area contributed by atoms with Crippen molar-refractivity contribution in [2.24, 2.45) is 5.92 Å². The van der Waals surface area contributed by atoms with Crippen molar-refractivity contribution < 1.29 is 4.74 Å². The molecule has 2 aliphatic carbocycles. The topological polar surface area (TPSA) is 24.5 Å². The number of hydrogen-bond donors (Lipinski definition) is 1. The molecular weight excluding hydrogens is 260 g/mol. The highest BCUT2D eigenvalue weighted by molar-refractivity contribution is 4.96. The second-order valence-corrected chi connectivity index (χ2v) is 7.44. The van der Waals surface area contributed by atoms with Crippen LogP contribution in [0, 0.1) is 5.92 Å². The van der Waals surface area contributed by atoms with E-state index >= 15 is 0 Å². The summed E-state index contributed by atoms with van der Waals surface area (Å²) in [6.07, 6.45) is 12.9. The zero-order valence-electron chi connectivity index (χ0n) is 14.0. The minimum absolute atomic E-state index is 0.476. The molecule has 1 aliphatic heterocycles. The van der Waals surface area contributed by atoms with Gasteiger partial charge in [0.05, 0.1) is 6.10 Å². The van der Waals surface area contributed by atoms with E-state index in [-0.39, 0.29) is 0 Å². The highest BCUT2D eigenvalue weighted by Gasteiger charge is 2.40. The van der Waals surface area contributed by atoms with Crippen molar-refractivity contribution in [3.05, 3.63) is 0 Å². The highest BCUT2D eigenvalue weighted by atomic mass is 16.5. The number of rotatable bonds is 4. The Balaban J connectivity index is 1.66. The first kappa shape index (κ1) is 15.8. The predicted molar refractivity (Wildman–Crippen MR) is 87.6 cm³/mol. The maximum atomic E-state index is 5.79. The van der Waals surface area contributed by atoms with Crippen LogP contribution in [-0.4, -0.2) is 49.3 Å². The molecule has 3 heteroatoms. The Kier molecular flexibility index (Phi) is 5.58. The molecule has 0 bridgehead atoms. The van der Waals surface area contributed by atoms with Gasteiger partial charge in [0.25, 0.3) is 0 Å². The van der Waals surface area contributed by atoms with Crippen LogP contribution in [0.1, 0.15) is 64.7 Å². The molecule has 1 heterocycles. The molecule has 0 aromatic carbocycles. The summed E-state index contributed by atoms with van der Waals surface area (Å²) in [5.41, 5.74) is 0. The Bertz CT molecular complexity index is 316. The van der Waals surface area contributed by atoms with Gasteiger partial charge in [0.15, 0.2) is 0 Å². The first-order valence-electron chi connectivity index (χ1n) is 9.35. The number of nitrogens with one attached hydrogen (secondary N) is 1. The van der Waals surface area contributed by atoms with Crippen molar-refractivity contribution in [1.29, 1.82) is 0 Å². The molecule has 3 fully saturated rings. The van der Waals surface area contributed by atoms with Gasteiger partial charge in [0.1, 0.15) is 0 Å². The summed E-state index contributed by atoms with van der Waals surface area (Å²) in [7, 11) is 1.91. The lowest BCUT2D eigenvalue weighted by Crippen LogP contribution is -2.62. The van der Waals surface area contributed by atoms with Crippen molar-refractivity contribution in [2.45, 2.75) is 88.9 Å². The highest BCUT2D eigenvalue weighted by Crippen LogP contribution is 2.33. The van der Waals surface area contributed by atoms with E-state index < -0.39 is 0 Å². The molecule has 0 amide bonds. The van der Waals surface area contributed by atoms with Gasteiger partial charge in [-0.3, -0.25) is 4.90 Å². The van der Waals surface area contributed by atoms with E-state index in [1.54, 1.807) is 0 Å². The molecule has 3 nitrogen and oxygen atoms in total. The third-order valence-corrected chi connectivity index (χ3v) is 6.33.